The molecule has 0 amide bonds. The summed E-state index contributed by atoms with van der Waals surface area (Å²) in [4.78, 5) is 13.3. The summed E-state index contributed by atoms with van der Waals surface area (Å²) in [7, 11) is -1.36. The van der Waals surface area contributed by atoms with Gasteiger partial charge in [-0.25, -0.2) is 9.79 Å². The zero-order valence-electron chi connectivity index (χ0n) is 10.2. The highest BCUT2D eigenvalue weighted by atomic mass is 28.4. The Kier molecular flexibility index (Phi) is 8.57. The van der Waals surface area contributed by atoms with Crippen LogP contribution in [0.15, 0.2) is 4.99 Å². The summed E-state index contributed by atoms with van der Waals surface area (Å²) in [5.74, 6) is 0. The van der Waals surface area contributed by atoms with Gasteiger partial charge in [0, 0.05) is 6.61 Å². The zero-order valence-corrected chi connectivity index (χ0v) is 11.2. The second kappa shape index (κ2) is 8.83. The van der Waals surface area contributed by atoms with Crippen LogP contribution in [0.25, 0.3) is 0 Å². The van der Waals surface area contributed by atoms with Gasteiger partial charge in [0.25, 0.3) is 0 Å². The van der Waals surface area contributed by atoms with Crippen molar-refractivity contribution >= 4 is 14.4 Å². The summed E-state index contributed by atoms with van der Waals surface area (Å²) in [6, 6.07) is 1.23. The van der Waals surface area contributed by atoms with Crippen LogP contribution in [0, 0.1) is 0 Å². The van der Waals surface area contributed by atoms with Crippen molar-refractivity contribution in [1.29, 1.82) is 0 Å². The Bertz CT molecular complexity index is 201. The van der Waals surface area contributed by atoms with E-state index in [1.54, 1.807) is 6.08 Å². The average Bonchev–Trinajstić information content (AvgIpc) is 2.16. The van der Waals surface area contributed by atoms with Gasteiger partial charge in [-0.05, 0) is 32.5 Å². The van der Waals surface area contributed by atoms with E-state index in [-0.39, 0.29) is 0 Å². The number of nitrogens with zero attached hydrogens (tertiary/aromatic N) is 1. The van der Waals surface area contributed by atoms with E-state index in [9.17, 15) is 4.79 Å². The Labute approximate surface area is 94.1 Å². The van der Waals surface area contributed by atoms with Gasteiger partial charge in [0.2, 0.25) is 6.08 Å². The van der Waals surface area contributed by atoms with E-state index in [1.165, 1.54) is 18.9 Å². The summed E-state index contributed by atoms with van der Waals surface area (Å²) in [6.07, 6.45) is 6.18. The van der Waals surface area contributed by atoms with Gasteiger partial charge in [-0.15, -0.1) is 0 Å². The topological polar surface area (TPSA) is 38.7 Å². The Hall–Kier alpha value is -0.443. The maximum Gasteiger partial charge on any atom is 0.234 e. The first-order valence-electron chi connectivity index (χ1n) is 5.80. The average molecular weight is 229 g/mol. The van der Waals surface area contributed by atoms with Crippen molar-refractivity contribution in [1.82, 2.24) is 0 Å². The molecule has 3 nitrogen and oxygen atoms in total. The third-order valence-electron chi connectivity index (χ3n) is 2.40. The van der Waals surface area contributed by atoms with Crippen LogP contribution >= 0.6 is 0 Å². The molecule has 0 aromatic heterocycles. The number of hydrogen-bond acceptors (Lipinski definition) is 3. The molecular weight excluding hydrogens is 206 g/mol. The normalized spacial score (nSPS) is 11.1. The molecule has 0 N–H and O–H groups in total. The van der Waals surface area contributed by atoms with Crippen molar-refractivity contribution in [3.05, 3.63) is 0 Å². The molecule has 88 valence electrons. The highest BCUT2D eigenvalue weighted by Gasteiger charge is 2.20. The van der Waals surface area contributed by atoms with Gasteiger partial charge in [-0.3, -0.25) is 0 Å². The number of rotatable bonds is 9. The van der Waals surface area contributed by atoms with Gasteiger partial charge >= 0.3 is 0 Å². The van der Waals surface area contributed by atoms with Crippen LogP contribution in [0.4, 0.5) is 0 Å². The van der Waals surface area contributed by atoms with Gasteiger partial charge < -0.3 is 4.43 Å². The minimum absolute atomic E-state index is 0.635. The van der Waals surface area contributed by atoms with Gasteiger partial charge in [-0.1, -0.05) is 19.3 Å². The summed E-state index contributed by atoms with van der Waals surface area (Å²) in [6.45, 7) is 8.08. The molecule has 0 aliphatic heterocycles. The number of unbranched alkanes of at least 4 members (excludes halogenated alkanes) is 3. The van der Waals surface area contributed by atoms with Crippen molar-refractivity contribution in [3.8, 4) is 0 Å². The van der Waals surface area contributed by atoms with E-state index in [1.807, 2.05) is 0 Å². The van der Waals surface area contributed by atoms with Gasteiger partial charge in [0.05, 0.1) is 6.54 Å². The van der Waals surface area contributed by atoms with Gasteiger partial charge in [0.1, 0.15) is 0 Å². The molecule has 0 aliphatic carbocycles. The number of carbonyl (C=O) groups excluding carboxylic acids is 1. The van der Waals surface area contributed by atoms with Crippen LogP contribution < -0.4 is 0 Å². The minimum Gasteiger partial charge on any atom is -0.418 e. The van der Waals surface area contributed by atoms with E-state index in [0.29, 0.717) is 6.54 Å². The van der Waals surface area contributed by atoms with Crippen LogP contribution in [-0.2, 0) is 9.22 Å². The third kappa shape index (κ3) is 9.85. The van der Waals surface area contributed by atoms with E-state index in [0.717, 1.165) is 19.4 Å². The lowest BCUT2D eigenvalue weighted by Gasteiger charge is -2.21. The monoisotopic (exact) mass is 229 g/mol. The molecule has 0 unspecified atom stereocenters. The molecule has 0 aliphatic rings. The number of aliphatic imine (C=N–C) groups is 1. The smallest absolute Gasteiger partial charge is 0.234 e. The predicted molar refractivity (Wildman–Crippen MR) is 65.4 cm³/mol. The molecule has 15 heavy (non-hydrogen) atoms. The zero-order chi connectivity index (χ0) is 11.6. The van der Waals surface area contributed by atoms with E-state index in [2.05, 4.69) is 25.0 Å². The highest BCUT2D eigenvalue weighted by Crippen LogP contribution is 2.16. The lowest BCUT2D eigenvalue weighted by atomic mass is 10.2. The minimum atomic E-state index is -1.36. The predicted octanol–water partition coefficient (Wildman–Crippen LogP) is 3.12. The maximum absolute atomic E-state index is 9.79. The van der Waals surface area contributed by atoms with Crippen molar-refractivity contribution < 1.29 is 9.22 Å². The molecule has 0 fully saturated rings. The highest BCUT2D eigenvalue weighted by molar-refractivity contribution is 6.71. The second-order valence-electron chi connectivity index (χ2n) is 4.33. The summed E-state index contributed by atoms with van der Waals surface area (Å²) < 4.78 is 5.74. The van der Waals surface area contributed by atoms with Crippen molar-refractivity contribution in [3.63, 3.8) is 0 Å². The Morgan fingerprint density at radius 2 is 1.87 bits per heavy atom. The quantitative estimate of drug-likeness (QED) is 0.264. The lowest BCUT2D eigenvalue weighted by Crippen LogP contribution is -2.29. The molecule has 0 saturated carbocycles. The molecule has 0 aromatic carbocycles. The SMILES string of the molecule is CCO[Si](C)(C)CCCCCCN=C=O. The van der Waals surface area contributed by atoms with E-state index >= 15 is 0 Å². The molecule has 0 heterocycles. The van der Waals surface area contributed by atoms with E-state index in [4.69, 9.17) is 4.43 Å². The molecule has 0 saturated heterocycles. The Balaban J connectivity index is 3.33. The fraction of sp³-hybridized carbons (Fsp3) is 0.909. The van der Waals surface area contributed by atoms with Crippen LogP contribution in [0.5, 0.6) is 0 Å². The molecule has 0 aromatic rings. The van der Waals surface area contributed by atoms with Crippen LogP contribution in [-0.4, -0.2) is 27.5 Å². The fourth-order valence-corrected chi connectivity index (χ4v) is 3.63. The van der Waals surface area contributed by atoms with Gasteiger partial charge in [0.15, 0.2) is 8.32 Å². The third-order valence-corrected chi connectivity index (χ3v) is 5.03. The summed E-state index contributed by atoms with van der Waals surface area (Å²) in [5, 5.41) is 0. The van der Waals surface area contributed by atoms with Crippen molar-refractivity contribution in [2.45, 2.75) is 51.7 Å². The molecule has 0 atom stereocenters. The first-order valence-corrected chi connectivity index (χ1v) is 8.91. The lowest BCUT2D eigenvalue weighted by molar-refractivity contribution is 0.327. The standard InChI is InChI=1S/C11H23NO2Si/c1-4-14-15(2,3)10-8-6-5-7-9-12-11-13/h4-10H2,1-3H3. The van der Waals surface area contributed by atoms with Crippen molar-refractivity contribution in [2.24, 2.45) is 4.99 Å². The molecule has 0 radical (unpaired) electrons. The Morgan fingerprint density at radius 1 is 1.20 bits per heavy atom. The fourth-order valence-electron chi connectivity index (χ4n) is 1.60. The van der Waals surface area contributed by atoms with Crippen LogP contribution in [0.2, 0.25) is 19.1 Å². The maximum atomic E-state index is 9.79. The molecule has 4 heteroatoms. The van der Waals surface area contributed by atoms with Crippen molar-refractivity contribution in [2.75, 3.05) is 13.2 Å². The molecular formula is C11H23NO2Si. The van der Waals surface area contributed by atoms with Gasteiger partial charge in [-0.2, -0.15) is 0 Å². The molecule has 0 rings (SSSR count). The molecule has 0 spiro atoms. The number of hydrogen-bond donors (Lipinski definition) is 0. The molecule has 0 bridgehead atoms. The number of isocyanates is 1. The first-order chi connectivity index (χ1) is 7.12. The van der Waals surface area contributed by atoms with E-state index < -0.39 is 8.32 Å². The second-order valence-corrected chi connectivity index (χ2v) is 8.64. The summed E-state index contributed by atoms with van der Waals surface area (Å²) in [5.41, 5.74) is 0. The summed E-state index contributed by atoms with van der Waals surface area (Å²) >= 11 is 0. The largest absolute Gasteiger partial charge is 0.418 e. The Morgan fingerprint density at radius 3 is 2.47 bits per heavy atom. The first kappa shape index (κ1) is 14.6. The van der Waals surface area contributed by atoms with Crippen LogP contribution in [0.3, 0.4) is 0 Å². The van der Waals surface area contributed by atoms with Crippen LogP contribution in [0.1, 0.15) is 32.6 Å².